The van der Waals surface area contributed by atoms with E-state index in [-0.39, 0.29) is 6.04 Å². The molecule has 3 heteroatoms. The molecule has 0 spiro atoms. The molecular formula is C12H20N2S. The van der Waals surface area contributed by atoms with E-state index >= 15 is 0 Å². The number of hydrogen-bond acceptors (Lipinski definition) is 3. The van der Waals surface area contributed by atoms with E-state index in [1.165, 1.54) is 12.0 Å². The van der Waals surface area contributed by atoms with Crippen LogP contribution in [0.25, 0.3) is 0 Å². The molecule has 2 N–H and O–H groups in total. The fourth-order valence-electron chi connectivity index (χ4n) is 1.33. The van der Waals surface area contributed by atoms with Crippen molar-refractivity contribution in [3.63, 3.8) is 0 Å². The summed E-state index contributed by atoms with van der Waals surface area (Å²) in [5, 5.41) is 1.16. The van der Waals surface area contributed by atoms with Crippen molar-refractivity contribution in [2.45, 2.75) is 44.2 Å². The Labute approximate surface area is 96.7 Å². The molecule has 15 heavy (non-hydrogen) atoms. The summed E-state index contributed by atoms with van der Waals surface area (Å²) < 4.78 is 0. The van der Waals surface area contributed by atoms with E-state index in [0.717, 1.165) is 23.6 Å². The molecule has 1 aromatic rings. The maximum absolute atomic E-state index is 5.97. The fraction of sp³-hybridized carbons (Fsp3) is 0.583. The predicted octanol–water partition coefficient (Wildman–Crippen LogP) is 2.86. The van der Waals surface area contributed by atoms with E-state index in [9.17, 15) is 0 Å². The first kappa shape index (κ1) is 12.5. The van der Waals surface area contributed by atoms with Crippen molar-refractivity contribution >= 4 is 11.8 Å². The normalized spacial score (nSPS) is 12.7. The SMILES string of the molecule is CCCSc1ncccc1CC(N)CC. The van der Waals surface area contributed by atoms with Gasteiger partial charge in [-0.1, -0.05) is 19.9 Å². The fourth-order valence-corrected chi connectivity index (χ4v) is 2.20. The van der Waals surface area contributed by atoms with Crippen molar-refractivity contribution in [2.75, 3.05) is 5.75 Å². The molecule has 0 amide bonds. The lowest BCUT2D eigenvalue weighted by molar-refractivity contribution is 0.637. The first-order valence-corrected chi connectivity index (χ1v) is 6.58. The quantitative estimate of drug-likeness (QED) is 0.755. The summed E-state index contributed by atoms with van der Waals surface area (Å²) in [6.45, 7) is 4.31. The van der Waals surface area contributed by atoms with Gasteiger partial charge in [0.15, 0.2) is 0 Å². The third kappa shape index (κ3) is 4.22. The van der Waals surface area contributed by atoms with Gasteiger partial charge < -0.3 is 5.73 Å². The van der Waals surface area contributed by atoms with Gasteiger partial charge in [0.05, 0.1) is 5.03 Å². The lowest BCUT2D eigenvalue weighted by atomic mass is 10.1. The molecule has 2 nitrogen and oxygen atoms in total. The molecule has 84 valence electrons. The standard InChI is InChI=1S/C12H20N2S/c1-3-8-15-12-10(6-5-7-14-12)9-11(13)4-2/h5-7,11H,3-4,8-9,13H2,1-2H3. The molecule has 0 saturated carbocycles. The maximum Gasteiger partial charge on any atom is 0.0992 e. The highest BCUT2D eigenvalue weighted by Crippen LogP contribution is 2.21. The van der Waals surface area contributed by atoms with Crippen molar-refractivity contribution in [3.05, 3.63) is 23.9 Å². The van der Waals surface area contributed by atoms with E-state index in [0.29, 0.717) is 0 Å². The van der Waals surface area contributed by atoms with E-state index < -0.39 is 0 Å². The number of thioether (sulfide) groups is 1. The molecule has 0 fully saturated rings. The number of hydrogen-bond donors (Lipinski definition) is 1. The zero-order valence-corrected chi connectivity index (χ0v) is 10.4. The van der Waals surface area contributed by atoms with Gasteiger partial charge in [-0.05, 0) is 36.6 Å². The van der Waals surface area contributed by atoms with Gasteiger partial charge in [-0.15, -0.1) is 11.8 Å². The molecule has 1 unspecified atom stereocenters. The number of aromatic nitrogens is 1. The Hall–Kier alpha value is -0.540. The Kier molecular flexibility index (Phi) is 5.73. The van der Waals surface area contributed by atoms with Gasteiger partial charge in [-0.25, -0.2) is 4.98 Å². The first-order chi connectivity index (χ1) is 7.27. The highest BCUT2D eigenvalue weighted by Gasteiger charge is 2.07. The monoisotopic (exact) mass is 224 g/mol. The molecule has 0 aliphatic rings. The predicted molar refractivity (Wildman–Crippen MR) is 67.2 cm³/mol. The van der Waals surface area contributed by atoms with Crippen LogP contribution in [0.1, 0.15) is 32.3 Å². The Morgan fingerprint density at radius 2 is 2.27 bits per heavy atom. The van der Waals surface area contributed by atoms with Crippen LogP contribution in [0, 0.1) is 0 Å². The molecule has 0 bridgehead atoms. The molecule has 1 aromatic heterocycles. The van der Waals surface area contributed by atoms with Crippen LogP contribution in [0.3, 0.4) is 0 Å². The summed E-state index contributed by atoms with van der Waals surface area (Å²) in [6.07, 6.45) is 5.00. The maximum atomic E-state index is 5.97. The van der Waals surface area contributed by atoms with Crippen LogP contribution < -0.4 is 5.73 Å². The van der Waals surface area contributed by atoms with E-state index in [4.69, 9.17) is 5.73 Å². The molecule has 1 heterocycles. The second-order valence-corrected chi connectivity index (χ2v) is 4.77. The van der Waals surface area contributed by atoms with Crippen LogP contribution in [-0.4, -0.2) is 16.8 Å². The summed E-state index contributed by atoms with van der Waals surface area (Å²) in [6, 6.07) is 4.39. The second-order valence-electron chi connectivity index (χ2n) is 3.69. The summed E-state index contributed by atoms with van der Waals surface area (Å²) in [4.78, 5) is 4.41. The molecule has 0 aliphatic carbocycles. The smallest absolute Gasteiger partial charge is 0.0992 e. The Morgan fingerprint density at radius 1 is 1.47 bits per heavy atom. The summed E-state index contributed by atoms with van der Waals surface area (Å²) >= 11 is 1.83. The van der Waals surface area contributed by atoms with Crippen molar-refractivity contribution < 1.29 is 0 Å². The molecule has 0 saturated heterocycles. The average molecular weight is 224 g/mol. The van der Waals surface area contributed by atoms with Crippen LogP contribution in [0.15, 0.2) is 23.4 Å². The van der Waals surface area contributed by atoms with Gasteiger partial charge >= 0.3 is 0 Å². The molecule has 1 rings (SSSR count). The van der Waals surface area contributed by atoms with Gasteiger partial charge in [0.1, 0.15) is 0 Å². The van der Waals surface area contributed by atoms with E-state index in [1.54, 1.807) is 0 Å². The van der Waals surface area contributed by atoms with Gasteiger partial charge in [0.2, 0.25) is 0 Å². The Morgan fingerprint density at radius 3 is 2.93 bits per heavy atom. The van der Waals surface area contributed by atoms with Crippen LogP contribution >= 0.6 is 11.8 Å². The van der Waals surface area contributed by atoms with Crippen molar-refractivity contribution in [1.29, 1.82) is 0 Å². The van der Waals surface area contributed by atoms with E-state index in [2.05, 4.69) is 24.9 Å². The number of pyridine rings is 1. The minimum Gasteiger partial charge on any atom is -0.327 e. The van der Waals surface area contributed by atoms with Gasteiger partial charge in [0, 0.05) is 12.2 Å². The zero-order chi connectivity index (χ0) is 11.1. The third-order valence-electron chi connectivity index (χ3n) is 2.30. The summed E-state index contributed by atoms with van der Waals surface area (Å²) in [5.74, 6) is 1.13. The van der Waals surface area contributed by atoms with Crippen molar-refractivity contribution in [3.8, 4) is 0 Å². The minimum absolute atomic E-state index is 0.259. The summed E-state index contributed by atoms with van der Waals surface area (Å²) in [5.41, 5.74) is 7.26. The number of rotatable bonds is 6. The van der Waals surface area contributed by atoms with Crippen molar-refractivity contribution in [2.24, 2.45) is 5.73 Å². The topological polar surface area (TPSA) is 38.9 Å². The van der Waals surface area contributed by atoms with E-state index in [1.807, 2.05) is 24.0 Å². The minimum atomic E-state index is 0.259. The molecule has 0 radical (unpaired) electrons. The van der Waals surface area contributed by atoms with Gasteiger partial charge in [0.25, 0.3) is 0 Å². The average Bonchev–Trinajstić information content (AvgIpc) is 2.28. The number of nitrogens with zero attached hydrogens (tertiary/aromatic N) is 1. The molecule has 0 aliphatic heterocycles. The van der Waals surface area contributed by atoms with Crippen LogP contribution in [-0.2, 0) is 6.42 Å². The lowest BCUT2D eigenvalue weighted by Gasteiger charge is -2.11. The Bertz CT molecular complexity index is 289. The van der Waals surface area contributed by atoms with Crippen LogP contribution in [0.4, 0.5) is 0 Å². The van der Waals surface area contributed by atoms with Crippen molar-refractivity contribution in [1.82, 2.24) is 4.98 Å². The largest absolute Gasteiger partial charge is 0.327 e. The lowest BCUT2D eigenvalue weighted by Crippen LogP contribution is -2.21. The first-order valence-electron chi connectivity index (χ1n) is 5.60. The molecule has 0 aromatic carbocycles. The third-order valence-corrected chi connectivity index (χ3v) is 3.55. The number of nitrogens with two attached hydrogens (primary N) is 1. The Balaban J connectivity index is 2.67. The van der Waals surface area contributed by atoms with Crippen LogP contribution in [0.2, 0.25) is 0 Å². The van der Waals surface area contributed by atoms with Gasteiger partial charge in [-0.3, -0.25) is 0 Å². The highest BCUT2D eigenvalue weighted by molar-refractivity contribution is 7.99. The van der Waals surface area contributed by atoms with Gasteiger partial charge in [-0.2, -0.15) is 0 Å². The molecular weight excluding hydrogens is 204 g/mol. The zero-order valence-electron chi connectivity index (χ0n) is 9.57. The summed E-state index contributed by atoms with van der Waals surface area (Å²) in [7, 11) is 0. The molecule has 1 atom stereocenters. The van der Waals surface area contributed by atoms with Crippen LogP contribution in [0.5, 0.6) is 0 Å². The second kappa shape index (κ2) is 6.85. The highest BCUT2D eigenvalue weighted by atomic mass is 32.2.